The van der Waals surface area contributed by atoms with Crippen molar-refractivity contribution in [3.05, 3.63) is 96.1 Å². The fourth-order valence-electron chi connectivity index (χ4n) is 2.99. The minimum absolute atomic E-state index is 0.190. The molecule has 7 heteroatoms. The first-order valence-electron chi connectivity index (χ1n) is 9.53. The molecule has 0 saturated carbocycles. The number of carbonyl (C=O) groups is 1. The number of para-hydroxylation sites is 1. The molecule has 3 aromatic rings. The number of nitrogens with zero attached hydrogens (tertiary/aromatic N) is 1. The van der Waals surface area contributed by atoms with Crippen molar-refractivity contribution >= 4 is 21.6 Å². The number of sulfonamides is 1. The van der Waals surface area contributed by atoms with Gasteiger partial charge in [0.2, 0.25) is 15.9 Å². The Bertz CT molecular complexity index is 1080. The van der Waals surface area contributed by atoms with E-state index in [1.807, 2.05) is 66.7 Å². The first-order valence-corrected chi connectivity index (χ1v) is 11.0. The standard InChI is InChI=1S/C23H25N3O3S/c1-26(2)30(28,29)21-15-9-10-18(16-21)17-24-22(19-11-5-3-6-12-19)23(27)25-20-13-7-4-8-14-20/h3-16,22,24H,17H2,1-2H3,(H,25,27). The molecule has 2 N–H and O–H groups in total. The molecule has 0 spiro atoms. The number of benzene rings is 3. The van der Waals surface area contributed by atoms with E-state index in [-0.39, 0.29) is 10.8 Å². The normalized spacial score (nSPS) is 12.5. The molecule has 0 aliphatic carbocycles. The van der Waals surface area contributed by atoms with E-state index < -0.39 is 16.1 Å². The quantitative estimate of drug-likeness (QED) is 0.582. The third-order valence-corrected chi connectivity index (χ3v) is 6.43. The molecule has 1 unspecified atom stereocenters. The van der Waals surface area contributed by atoms with Gasteiger partial charge >= 0.3 is 0 Å². The second-order valence-corrected chi connectivity index (χ2v) is 9.17. The molecule has 0 fully saturated rings. The van der Waals surface area contributed by atoms with E-state index in [1.165, 1.54) is 18.4 Å². The van der Waals surface area contributed by atoms with Crippen LogP contribution in [0.5, 0.6) is 0 Å². The minimum atomic E-state index is -3.52. The predicted molar refractivity (Wildman–Crippen MR) is 118 cm³/mol. The summed E-state index contributed by atoms with van der Waals surface area (Å²) in [6.07, 6.45) is 0. The monoisotopic (exact) mass is 423 g/mol. The van der Waals surface area contributed by atoms with Crippen LogP contribution in [0, 0.1) is 0 Å². The number of anilines is 1. The molecular weight excluding hydrogens is 398 g/mol. The summed E-state index contributed by atoms with van der Waals surface area (Å²) < 4.78 is 26.0. The third-order valence-electron chi connectivity index (χ3n) is 4.62. The highest BCUT2D eigenvalue weighted by Crippen LogP contribution is 2.19. The van der Waals surface area contributed by atoms with E-state index in [9.17, 15) is 13.2 Å². The Labute approximate surface area is 177 Å². The zero-order valence-electron chi connectivity index (χ0n) is 16.9. The van der Waals surface area contributed by atoms with E-state index in [4.69, 9.17) is 0 Å². The van der Waals surface area contributed by atoms with Crippen LogP contribution in [0.4, 0.5) is 5.69 Å². The largest absolute Gasteiger partial charge is 0.324 e. The van der Waals surface area contributed by atoms with E-state index >= 15 is 0 Å². The molecule has 30 heavy (non-hydrogen) atoms. The number of rotatable bonds is 8. The van der Waals surface area contributed by atoms with Crippen molar-refractivity contribution < 1.29 is 13.2 Å². The smallest absolute Gasteiger partial charge is 0.246 e. The van der Waals surface area contributed by atoms with Crippen LogP contribution in [-0.4, -0.2) is 32.7 Å². The van der Waals surface area contributed by atoms with Crippen LogP contribution in [0.15, 0.2) is 89.8 Å². The molecule has 0 aromatic heterocycles. The van der Waals surface area contributed by atoms with Gasteiger partial charge in [-0.3, -0.25) is 10.1 Å². The van der Waals surface area contributed by atoms with Crippen molar-refractivity contribution in [3.63, 3.8) is 0 Å². The number of nitrogens with one attached hydrogen (secondary N) is 2. The summed E-state index contributed by atoms with van der Waals surface area (Å²) in [5, 5.41) is 6.18. The second-order valence-electron chi connectivity index (χ2n) is 7.01. The van der Waals surface area contributed by atoms with Crippen LogP contribution in [0.3, 0.4) is 0 Å². The summed E-state index contributed by atoms with van der Waals surface area (Å²) in [4.78, 5) is 13.2. The summed E-state index contributed by atoms with van der Waals surface area (Å²) >= 11 is 0. The Hall–Kier alpha value is -3.00. The minimum Gasteiger partial charge on any atom is -0.324 e. The zero-order valence-corrected chi connectivity index (χ0v) is 17.8. The number of amides is 1. The highest BCUT2D eigenvalue weighted by Gasteiger charge is 2.21. The first kappa shape index (κ1) is 21.7. The van der Waals surface area contributed by atoms with Gasteiger partial charge in [0.05, 0.1) is 4.90 Å². The second kappa shape index (κ2) is 9.67. The fourth-order valence-corrected chi connectivity index (χ4v) is 3.96. The molecule has 0 saturated heterocycles. The summed E-state index contributed by atoms with van der Waals surface area (Å²) in [5.74, 6) is -0.190. The van der Waals surface area contributed by atoms with Gasteiger partial charge in [-0.15, -0.1) is 0 Å². The Morgan fingerprint density at radius 1 is 0.900 bits per heavy atom. The van der Waals surface area contributed by atoms with Crippen LogP contribution < -0.4 is 10.6 Å². The van der Waals surface area contributed by atoms with E-state index in [0.29, 0.717) is 12.2 Å². The van der Waals surface area contributed by atoms with E-state index in [0.717, 1.165) is 11.1 Å². The first-order chi connectivity index (χ1) is 14.4. The lowest BCUT2D eigenvalue weighted by Gasteiger charge is -2.19. The number of hydrogen-bond acceptors (Lipinski definition) is 4. The molecule has 3 aromatic carbocycles. The van der Waals surface area contributed by atoms with Gasteiger partial charge in [-0.1, -0.05) is 60.7 Å². The molecule has 3 rings (SSSR count). The predicted octanol–water partition coefficient (Wildman–Crippen LogP) is 3.41. The Morgan fingerprint density at radius 3 is 2.17 bits per heavy atom. The molecule has 1 atom stereocenters. The molecule has 0 radical (unpaired) electrons. The van der Waals surface area contributed by atoms with E-state index in [2.05, 4.69) is 10.6 Å². The van der Waals surface area contributed by atoms with Crippen LogP contribution in [0.1, 0.15) is 17.2 Å². The Morgan fingerprint density at radius 2 is 1.53 bits per heavy atom. The van der Waals surface area contributed by atoms with Gasteiger partial charge in [-0.05, 0) is 35.4 Å². The Balaban J connectivity index is 1.80. The van der Waals surface area contributed by atoms with Gasteiger partial charge < -0.3 is 5.32 Å². The van der Waals surface area contributed by atoms with Crippen molar-refractivity contribution in [3.8, 4) is 0 Å². The fraction of sp³-hybridized carbons (Fsp3) is 0.174. The van der Waals surface area contributed by atoms with Gasteiger partial charge in [-0.2, -0.15) is 0 Å². The van der Waals surface area contributed by atoms with Gasteiger partial charge in [0.15, 0.2) is 0 Å². The summed E-state index contributed by atoms with van der Waals surface area (Å²) in [5.41, 5.74) is 2.30. The lowest BCUT2D eigenvalue weighted by Crippen LogP contribution is -2.32. The Kier molecular flexibility index (Phi) is 6.99. The lowest BCUT2D eigenvalue weighted by molar-refractivity contribution is -0.118. The van der Waals surface area contributed by atoms with Gasteiger partial charge in [0.25, 0.3) is 0 Å². The molecule has 156 valence electrons. The zero-order chi connectivity index (χ0) is 21.6. The van der Waals surface area contributed by atoms with Crippen molar-refractivity contribution in [2.45, 2.75) is 17.5 Å². The van der Waals surface area contributed by atoms with Crippen molar-refractivity contribution in [1.82, 2.24) is 9.62 Å². The highest BCUT2D eigenvalue weighted by atomic mass is 32.2. The third kappa shape index (κ3) is 5.33. The number of carbonyl (C=O) groups excluding carboxylic acids is 1. The topological polar surface area (TPSA) is 78.5 Å². The molecule has 0 aliphatic rings. The molecular formula is C23H25N3O3S. The number of hydrogen-bond donors (Lipinski definition) is 2. The van der Waals surface area contributed by atoms with Crippen LogP contribution in [0.2, 0.25) is 0 Å². The average Bonchev–Trinajstić information content (AvgIpc) is 2.75. The van der Waals surface area contributed by atoms with E-state index in [1.54, 1.807) is 18.2 Å². The molecule has 0 heterocycles. The van der Waals surface area contributed by atoms with Crippen molar-refractivity contribution in [1.29, 1.82) is 0 Å². The average molecular weight is 424 g/mol. The molecule has 1 amide bonds. The SMILES string of the molecule is CN(C)S(=O)(=O)c1cccc(CNC(C(=O)Nc2ccccc2)c2ccccc2)c1. The maximum Gasteiger partial charge on any atom is 0.246 e. The molecule has 6 nitrogen and oxygen atoms in total. The lowest BCUT2D eigenvalue weighted by atomic mass is 10.1. The van der Waals surface area contributed by atoms with Crippen molar-refractivity contribution in [2.75, 3.05) is 19.4 Å². The van der Waals surface area contributed by atoms with Gasteiger partial charge in [0, 0.05) is 26.3 Å². The van der Waals surface area contributed by atoms with Crippen LogP contribution in [-0.2, 0) is 21.4 Å². The van der Waals surface area contributed by atoms with Gasteiger partial charge in [0.1, 0.15) is 6.04 Å². The summed E-state index contributed by atoms with van der Waals surface area (Å²) in [6, 6.07) is 24.8. The van der Waals surface area contributed by atoms with Gasteiger partial charge in [-0.25, -0.2) is 12.7 Å². The molecule has 0 bridgehead atoms. The van der Waals surface area contributed by atoms with Crippen molar-refractivity contribution in [2.24, 2.45) is 0 Å². The van der Waals surface area contributed by atoms with Crippen LogP contribution in [0.25, 0.3) is 0 Å². The van der Waals surface area contributed by atoms with Crippen LogP contribution >= 0.6 is 0 Å². The maximum atomic E-state index is 13.0. The summed E-state index contributed by atoms with van der Waals surface area (Å²) in [6.45, 7) is 0.332. The summed E-state index contributed by atoms with van der Waals surface area (Å²) in [7, 11) is -0.522. The molecule has 0 aliphatic heterocycles. The maximum absolute atomic E-state index is 13.0. The highest BCUT2D eigenvalue weighted by molar-refractivity contribution is 7.89.